The van der Waals surface area contributed by atoms with Crippen LogP contribution in [-0.2, 0) is 4.79 Å². The fraction of sp³-hybridized carbons (Fsp3) is 0.857. The number of hydrogen-bond donors (Lipinski definition) is 2. The number of carboxylic acids is 1. The normalized spacial score (nSPS) is 30.2. The maximum absolute atomic E-state index is 12.4. The molecular weight excluding hydrogens is 276 g/mol. The molecule has 0 radical (unpaired) electrons. The highest BCUT2D eigenvalue weighted by molar-refractivity contribution is 7.99. The Labute approximate surface area is 124 Å². The molecule has 0 bridgehead atoms. The Morgan fingerprint density at radius 1 is 1.25 bits per heavy atom. The van der Waals surface area contributed by atoms with Crippen LogP contribution in [0.3, 0.4) is 0 Å². The van der Waals surface area contributed by atoms with Gasteiger partial charge >= 0.3 is 12.0 Å². The summed E-state index contributed by atoms with van der Waals surface area (Å²) in [4.78, 5) is 25.0. The summed E-state index contributed by atoms with van der Waals surface area (Å²) >= 11 is 1.82. The van der Waals surface area contributed by atoms with E-state index in [0.29, 0.717) is 11.8 Å². The highest BCUT2D eigenvalue weighted by Gasteiger charge is 2.33. The number of hydrogen-bond acceptors (Lipinski definition) is 3. The Morgan fingerprint density at radius 3 is 2.70 bits per heavy atom. The summed E-state index contributed by atoms with van der Waals surface area (Å²) in [6.45, 7) is 0.681. The van der Waals surface area contributed by atoms with Crippen molar-refractivity contribution in [1.29, 1.82) is 0 Å². The highest BCUT2D eigenvalue weighted by Crippen LogP contribution is 2.28. The van der Waals surface area contributed by atoms with Crippen molar-refractivity contribution in [3.63, 3.8) is 0 Å². The Morgan fingerprint density at radius 2 is 2.00 bits per heavy atom. The molecule has 3 unspecified atom stereocenters. The van der Waals surface area contributed by atoms with Crippen molar-refractivity contribution in [3.8, 4) is 0 Å². The van der Waals surface area contributed by atoms with Crippen molar-refractivity contribution >= 4 is 23.8 Å². The van der Waals surface area contributed by atoms with Crippen LogP contribution >= 0.6 is 11.8 Å². The maximum Gasteiger partial charge on any atom is 0.317 e. The number of carbonyl (C=O) groups excluding carboxylic acids is 1. The molecule has 1 aliphatic heterocycles. The minimum Gasteiger partial charge on any atom is -0.481 e. The van der Waals surface area contributed by atoms with Crippen LogP contribution < -0.4 is 5.32 Å². The predicted octanol–water partition coefficient (Wildman–Crippen LogP) is 2.31. The molecule has 5 nitrogen and oxygen atoms in total. The molecule has 1 aliphatic carbocycles. The van der Waals surface area contributed by atoms with Crippen LogP contribution in [0.4, 0.5) is 4.79 Å². The summed E-state index contributed by atoms with van der Waals surface area (Å²) in [6, 6.07) is 0.0286. The van der Waals surface area contributed by atoms with Crippen molar-refractivity contribution in [2.24, 2.45) is 0 Å². The summed E-state index contributed by atoms with van der Waals surface area (Å²) in [5.74, 6) is -0.825. The van der Waals surface area contributed by atoms with E-state index < -0.39 is 5.97 Å². The quantitative estimate of drug-likeness (QED) is 0.836. The molecule has 0 aromatic carbocycles. The fourth-order valence-corrected chi connectivity index (χ4v) is 4.24. The lowest BCUT2D eigenvalue weighted by Crippen LogP contribution is -2.51. The van der Waals surface area contributed by atoms with Gasteiger partial charge in [0, 0.05) is 23.9 Å². The van der Waals surface area contributed by atoms with E-state index in [-0.39, 0.29) is 24.5 Å². The molecule has 114 valence electrons. The number of nitrogens with zero attached hydrogens (tertiary/aromatic N) is 1. The SMILES string of the molecule is CSC1CCCCC1NC(=O)N1CCCC1CC(=O)O. The molecular formula is C14H24N2O3S. The van der Waals surface area contributed by atoms with Crippen molar-refractivity contribution < 1.29 is 14.7 Å². The lowest BCUT2D eigenvalue weighted by atomic mass is 9.95. The lowest BCUT2D eigenvalue weighted by molar-refractivity contribution is -0.137. The molecule has 2 fully saturated rings. The van der Waals surface area contributed by atoms with E-state index in [4.69, 9.17) is 5.11 Å². The predicted molar refractivity (Wildman–Crippen MR) is 80.1 cm³/mol. The van der Waals surface area contributed by atoms with Crippen LogP contribution in [0.25, 0.3) is 0 Å². The van der Waals surface area contributed by atoms with Gasteiger partial charge in [0.25, 0.3) is 0 Å². The summed E-state index contributed by atoms with van der Waals surface area (Å²) in [6.07, 6.45) is 8.46. The molecule has 2 aliphatic rings. The van der Waals surface area contributed by atoms with Gasteiger partial charge in [-0.2, -0.15) is 11.8 Å². The number of urea groups is 1. The van der Waals surface area contributed by atoms with Gasteiger partial charge < -0.3 is 15.3 Å². The second-order valence-electron chi connectivity index (χ2n) is 5.70. The van der Waals surface area contributed by atoms with Gasteiger partial charge in [-0.3, -0.25) is 4.79 Å². The molecule has 2 amide bonds. The zero-order chi connectivity index (χ0) is 14.5. The van der Waals surface area contributed by atoms with Crippen LogP contribution in [0.5, 0.6) is 0 Å². The maximum atomic E-state index is 12.4. The van der Waals surface area contributed by atoms with Crippen LogP contribution in [0.15, 0.2) is 0 Å². The van der Waals surface area contributed by atoms with E-state index in [1.807, 2.05) is 11.8 Å². The number of rotatable bonds is 4. The monoisotopic (exact) mass is 300 g/mol. The number of thioether (sulfide) groups is 1. The molecule has 0 aromatic rings. The minimum absolute atomic E-state index is 0.0596. The largest absolute Gasteiger partial charge is 0.481 e. The number of nitrogens with one attached hydrogen (secondary N) is 1. The summed E-state index contributed by atoms with van der Waals surface area (Å²) in [5.41, 5.74) is 0. The summed E-state index contributed by atoms with van der Waals surface area (Å²) in [7, 11) is 0. The number of carboxylic acid groups (broad SMARTS) is 1. The molecule has 2 N–H and O–H groups in total. The first-order valence-corrected chi connectivity index (χ1v) is 8.72. The van der Waals surface area contributed by atoms with Crippen LogP contribution in [-0.4, -0.2) is 52.1 Å². The minimum atomic E-state index is -0.825. The second-order valence-corrected chi connectivity index (χ2v) is 6.78. The third kappa shape index (κ3) is 3.81. The number of likely N-dealkylation sites (tertiary alicyclic amines) is 1. The summed E-state index contributed by atoms with van der Waals surface area (Å²) < 4.78 is 0. The molecule has 20 heavy (non-hydrogen) atoms. The Balaban J connectivity index is 1.91. The van der Waals surface area contributed by atoms with Gasteiger partial charge in [-0.15, -0.1) is 0 Å². The van der Waals surface area contributed by atoms with Crippen molar-refractivity contribution in [1.82, 2.24) is 10.2 Å². The topological polar surface area (TPSA) is 69.6 Å². The molecule has 1 heterocycles. The van der Waals surface area contributed by atoms with E-state index in [0.717, 1.165) is 25.7 Å². The number of amides is 2. The third-order valence-corrected chi connectivity index (χ3v) is 5.53. The Hall–Kier alpha value is -0.910. The lowest BCUT2D eigenvalue weighted by Gasteiger charge is -2.33. The van der Waals surface area contributed by atoms with Gasteiger partial charge in [0.2, 0.25) is 0 Å². The van der Waals surface area contributed by atoms with E-state index in [2.05, 4.69) is 11.6 Å². The average molecular weight is 300 g/mol. The number of carbonyl (C=O) groups is 2. The molecule has 1 saturated heterocycles. The van der Waals surface area contributed by atoms with E-state index in [1.54, 1.807) is 4.90 Å². The van der Waals surface area contributed by atoms with E-state index >= 15 is 0 Å². The zero-order valence-electron chi connectivity index (χ0n) is 12.0. The second kappa shape index (κ2) is 7.20. The Kier molecular flexibility index (Phi) is 5.57. The molecule has 6 heteroatoms. The highest BCUT2D eigenvalue weighted by atomic mass is 32.2. The van der Waals surface area contributed by atoms with Crippen LogP contribution in [0.1, 0.15) is 44.9 Å². The molecule has 3 atom stereocenters. The van der Waals surface area contributed by atoms with E-state index in [9.17, 15) is 9.59 Å². The van der Waals surface area contributed by atoms with Gasteiger partial charge in [0.1, 0.15) is 0 Å². The average Bonchev–Trinajstić information content (AvgIpc) is 2.86. The van der Waals surface area contributed by atoms with Gasteiger partial charge in [0.05, 0.1) is 6.42 Å². The Bertz CT molecular complexity index is 364. The molecule has 0 spiro atoms. The molecule has 0 aromatic heterocycles. The van der Waals surface area contributed by atoms with Crippen molar-refractivity contribution in [3.05, 3.63) is 0 Å². The van der Waals surface area contributed by atoms with Gasteiger partial charge in [-0.25, -0.2) is 4.79 Å². The van der Waals surface area contributed by atoms with Crippen molar-refractivity contribution in [2.75, 3.05) is 12.8 Å². The van der Waals surface area contributed by atoms with Gasteiger partial charge in [-0.1, -0.05) is 12.8 Å². The first-order chi connectivity index (χ1) is 9.61. The first kappa shape index (κ1) is 15.5. The summed E-state index contributed by atoms with van der Waals surface area (Å²) in [5, 5.41) is 12.5. The van der Waals surface area contributed by atoms with Gasteiger partial charge in [-0.05, 0) is 31.9 Å². The van der Waals surface area contributed by atoms with Crippen LogP contribution in [0.2, 0.25) is 0 Å². The first-order valence-electron chi connectivity index (χ1n) is 7.43. The van der Waals surface area contributed by atoms with Crippen molar-refractivity contribution in [2.45, 2.75) is 62.3 Å². The fourth-order valence-electron chi connectivity index (χ4n) is 3.30. The van der Waals surface area contributed by atoms with Crippen LogP contribution in [0, 0.1) is 0 Å². The number of aliphatic carboxylic acids is 1. The third-order valence-electron chi connectivity index (χ3n) is 4.36. The van der Waals surface area contributed by atoms with Gasteiger partial charge in [0.15, 0.2) is 0 Å². The van der Waals surface area contributed by atoms with E-state index in [1.165, 1.54) is 12.8 Å². The smallest absolute Gasteiger partial charge is 0.317 e. The molecule has 2 rings (SSSR count). The molecule has 1 saturated carbocycles. The standard InChI is InChI=1S/C14H24N2O3S/c1-20-12-7-3-2-6-11(12)15-14(19)16-8-4-5-10(16)9-13(17)18/h10-12H,2-9H2,1H3,(H,15,19)(H,17,18). The zero-order valence-corrected chi connectivity index (χ0v) is 12.8.